The van der Waals surface area contributed by atoms with Gasteiger partial charge in [-0.2, -0.15) is 0 Å². The van der Waals surface area contributed by atoms with Crippen LogP contribution in [0.4, 0.5) is 0 Å². The van der Waals surface area contributed by atoms with E-state index in [1.54, 1.807) is 0 Å². The first-order chi connectivity index (χ1) is 14.1. The Hall–Kier alpha value is -2.40. The summed E-state index contributed by atoms with van der Waals surface area (Å²) in [6.45, 7) is 3.57. The van der Waals surface area contributed by atoms with Gasteiger partial charge in [0.25, 0.3) is 5.56 Å². The quantitative estimate of drug-likeness (QED) is 0.614. The minimum absolute atomic E-state index is 0.0742. The molecule has 0 spiro atoms. The number of allylic oxidation sites excluding steroid dienone is 1. The summed E-state index contributed by atoms with van der Waals surface area (Å²) in [5, 5.41) is 9.96. The van der Waals surface area contributed by atoms with Crippen molar-refractivity contribution in [2.24, 2.45) is 0 Å². The fourth-order valence-corrected chi connectivity index (χ4v) is 5.86. The first kappa shape index (κ1) is 18.6. The van der Waals surface area contributed by atoms with E-state index < -0.39 is 0 Å². The zero-order valence-electron chi connectivity index (χ0n) is 16.8. The van der Waals surface area contributed by atoms with Gasteiger partial charge in [0, 0.05) is 24.2 Å². The largest absolute Gasteiger partial charge is 0.506 e. The highest BCUT2D eigenvalue weighted by Crippen LogP contribution is 2.43. The first-order valence-electron chi connectivity index (χ1n) is 11.0. The Balaban J connectivity index is 1.52. The zero-order valence-corrected chi connectivity index (χ0v) is 16.8. The predicted molar refractivity (Wildman–Crippen MR) is 116 cm³/mol. The van der Waals surface area contributed by atoms with E-state index in [0.717, 1.165) is 23.9 Å². The summed E-state index contributed by atoms with van der Waals surface area (Å²) in [6.07, 6.45) is 14.2. The third kappa shape index (κ3) is 3.21. The molecule has 5 heteroatoms. The Labute approximate surface area is 171 Å². The van der Waals surface area contributed by atoms with Crippen molar-refractivity contribution >= 4 is 16.8 Å². The number of aromatic nitrogens is 2. The number of nitrogens with zero attached hydrogens (tertiary/aromatic N) is 3. The lowest BCUT2D eigenvalue weighted by Crippen LogP contribution is -2.49. The zero-order chi connectivity index (χ0) is 20.0. The predicted octanol–water partition coefficient (Wildman–Crippen LogP) is 4.59. The second-order valence-corrected chi connectivity index (χ2v) is 8.81. The van der Waals surface area contributed by atoms with Gasteiger partial charge >= 0.3 is 0 Å². The van der Waals surface area contributed by atoms with Gasteiger partial charge in [-0.15, -0.1) is 0 Å². The molecule has 152 valence electrons. The normalized spacial score (nSPS) is 29.8. The molecule has 29 heavy (non-hydrogen) atoms. The summed E-state index contributed by atoms with van der Waals surface area (Å²) in [5.41, 5.74) is 1.45. The Morgan fingerprint density at radius 1 is 1.07 bits per heavy atom. The van der Waals surface area contributed by atoms with Crippen molar-refractivity contribution in [3.8, 4) is 0 Å². The van der Waals surface area contributed by atoms with Gasteiger partial charge in [-0.3, -0.25) is 9.69 Å². The van der Waals surface area contributed by atoms with Crippen LogP contribution in [0.1, 0.15) is 63.1 Å². The topological polar surface area (TPSA) is 58.4 Å². The van der Waals surface area contributed by atoms with E-state index in [4.69, 9.17) is 0 Å². The summed E-state index contributed by atoms with van der Waals surface area (Å²) in [4.78, 5) is 20.4. The molecule has 0 amide bonds. The number of aliphatic hydroxyl groups excluding tert-OH is 1. The fraction of sp³-hybridized carbons (Fsp3) is 0.500. The molecule has 5 nitrogen and oxygen atoms in total. The molecule has 1 N–H and O–H groups in total. The van der Waals surface area contributed by atoms with Crippen molar-refractivity contribution in [3.05, 3.63) is 59.0 Å². The monoisotopic (exact) mass is 391 g/mol. The molecule has 3 aliphatic rings. The molecule has 1 unspecified atom stereocenters. The average Bonchev–Trinajstić information content (AvgIpc) is 2.91. The average molecular weight is 392 g/mol. The lowest BCUT2D eigenvalue weighted by atomic mass is 9.93. The maximum atomic E-state index is 13.2. The van der Waals surface area contributed by atoms with Crippen LogP contribution in [-0.4, -0.2) is 37.7 Å². The summed E-state index contributed by atoms with van der Waals surface area (Å²) < 4.78 is 1.89. The Morgan fingerprint density at radius 2 is 1.83 bits per heavy atom. The van der Waals surface area contributed by atoms with Crippen molar-refractivity contribution in [3.63, 3.8) is 0 Å². The molecule has 0 saturated carbocycles. The van der Waals surface area contributed by atoms with Gasteiger partial charge < -0.3 is 9.67 Å². The maximum absolute atomic E-state index is 13.2. The molecule has 5 rings (SSSR count). The highest BCUT2D eigenvalue weighted by Gasteiger charge is 2.44. The molecule has 2 fully saturated rings. The van der Waals surface area contributed by atoms with Gasteiger partial charge in [-0.05, 0) is 57.1 Å². The molecule has 1 aliphatic carbocycles. The number of piperidine rings is 1. The summed E-state index contributed by atoms with van der Waals surface area (Å²) >= 11 is 0. The Bertz CT molecular complexity index is 1010. The van der Waals surface area contributed by atoms with Crippen LogP contribution in [-0.2, 0) is 0 Å². The molecule has 2 aromatic rings. The van der Waals surface area contributed by atoms with E-state index in [-0.39, 0.29) is 23.1 Å². The van der Waals surface area contributed by atoms with Gasteiger partial charge in [0.1, 0.15) is 5.76 Å². The molecular formula is C24H29N3O2. The van der Waals surface area contributed by atoms with E-state index in [9.17, 15) is 9.90 Å². The number of para-hydroxylation sites is 2. The molecule has 0 radical (unpaired) electrons. The smallest absolute Gasteiger partial charge is 0.281 e. The number of aliphatic hydroxyl groups is 1. The van der Waals surface area contributed by atoms with E-state index in [2.05, 4.69) is 28.6 Å². The summed E-state index contributed by atoms with van der Waals surface area (Å²) in [7, 11) is 0. The molecule has 2 saturated heterocycles. The van der Waals surface area contributed by atoms with Crippen molar-refractivity contribution in [1.29, 1.82) is 0 Å². The van der Waals surface area contributed by atoms with Crippen LogP contribution in [0.15, 0.2) is 47.8 Å². The van der Waals surface area contributed by atoms with Crippen molar-refractivity contribution in [2.75, 3.05) is 0 Å². The third-order valence-corrected chi connectivity index (χ3v) is 7.06. The lowest BCUT2D eigenvalue weighted by molar-refractivity contribution is 0.0768. The number of benzene rings is 1. The third-order valence-electron chi connectivity index (χ3n) is 7.06. The molecule has 4 atom stereocenters. The van der Waals surface area contributed by atoms with E-state index in [0.29, 0.717) is 18.1 Å². The van der Waals surface area contributed by atoms with E-state index in [1.165, 1.54) is 38.5 Å². The molecule has 1 aromatic heterocycles. The molecule has 3 heterocycles. The van der Waals surface area contributed by atoms with Gasteiger partial charge in [-0.25, -0.2) is 4.98 Å². The highest BCUT2D eigenvalue weighted by molar-refractivity contribution is 5.76. The summed E-state index contributed by atoms with van der Waals surface area (Å²) in [6, 6.07) is 9.46. The first-order valence-corrected chi connectivity index (χ1v) is 11.0. The molecular weight excluding hydrogens is 362 g/mol. The van der Waals surface area contributed by atoms with Crippen LogP contribution in [0.5, 0.6) is 0 Å². The van der Waals surface area contributed by atoms with Crippen LogP contribution in [0.25, 0.3) is 16.8 Å². The van der Waals surface area contributed by atoms with Crippen LogP contribution in [0.3, 0.4) is 0 Å². The van der Waals surface area contributed by atoms with Crippen molar-refractivity contribution < 1.29 is 5.11 Å². The van der Waals surface area contributed by atoms with Gasteiger partial charge in [-0.1, -0.05) is 37.3 Å². The van der Waals surface area contributed by atoms with Gasteiger partial charge in [0.2, 0.25) is 0 Å². The lowest BCUT2D eigenvalue weighted by Gasteiger charge is -2.43. The minimum atomic E-state index is -0.251. The van der Waals surface area contributed by atoms with Crippen molar-refractivity contribution in [2.45, 2.75) is 75.5 Å². The second-order valence-electron chi connectivity index (χ2n) is 8.81. The Morgan fingerprint density at radius 3 is 2.59 bits per heavy atom. The van der Waals surface area contributed by atoms with Crippen LogP contribution in [0.2, 0.25) is 0 Å². The summed E-state index contributed by atoms with van der Waals surface area (Å²) in [5.74, 6) is -0.251. The van der Waals surface area contributed by atoms with Gasteiger partial charge in [0.05, 0.1) is 11.0 Å². The number of fused-ring (bicyclic) bond motifs is 3. The standard InChI is InChI=1S/C24H29N3O2/c1-16(28)23-24(29)27(22-11-7-6-10-21(22)25-23)20-14-18-12-13-19(15-20)26(18)17-8-4-2-3-5-9-17/h4,6-8,10-11,17-20,28H,1-3,5,9,12-15H2/t17?,18-,19+,20+. The van der Waals surface area contributed by atoms with Crippen LogP contribution in [0, 0.1) is 0 Å². The van der Waals surface area contributed by atoms with Gasteiger partial charge in [0.15, 0.2) is 5.69 Å². The second kappa shape index (κ2) is 7.45. The van der Waals surface area contributed by atoms with E-state index in [1.807, 2.05) is 28.8 Å². The molecule has 2 aliphatic heterocycles. The highest BCUT2D eigenvalue weighted by atomic mass is 16.3. The van der Waals surface area contributed by atoms with Crippen LogP contribution >= 0.6 is 0 Å². The number of rotatable bonds is 3. The fourth-order valence-electron chi connectivity index (χ4n) is 5.86. The van der Waals surface area contributed by atoms with Crippen molar-refractivity contribution in [1.82, 2.24) is 14.5 Å². The maximum Gasteiger partial charge on any atom is 0.281 e. The minimum Gasteiger partial charge on any atom is -0.506 e. The van der Waals surface area contributed by atoms with E-state index >= 15 is 0 Å². The molecule has 1 aromatic carbocycles. The molecule has 2 bridgehead atoms. The SMILES string of the molecule is C=C(O)c1nc2ccccc2n([C@H]2C[C@H]3CC[C@@H](C2)N3C2C=CCCCC2)c1=O. The van der Waals surface area contributed by atoms with Crippen LogP contribution < -0.4 is 5.56 Å². The Kier molecular flexibility index (Phi) is 4.78. The number of hydrogen-bond donors (Lipinski definition) is 1. The number of hydrogen-bond acceptors (Lipinski definition) is 4.